The summed E-state index contributed by atoms with van der Waals surface area (Å²) in [5.74, 6) is 1.35. The lowest BCUT2D eigenvalue weighted by Crippen LogP contribution is -2.34. The normalized spacial score (nSPS) is 23.5. The Morgan fingerprint density at radius 3 is 1.79 bits per heavy atom. The second-order valence-electron chi connectivity index (χ2n) is 14.6. The molecule has 4 heteroatoms. The Kier molecular flexibility index (Phi) is 8.36. The second kappa shape index (κ2) is 11.1. The van der Waals surface area contributed by atoms with Crippen molar-refractivity contribution in [1.82, 2.24) is 0 Å². The van der Waals surface area contributed by atoms with Crippen LogP contribution < -0.4 is 0 Å². The second-order valence-corrected chi connectivity index (χ2v) is 14.6. The van der Waals surface area contributed by atoms with E-state index in [4.69, 9.17) is 9.98 Å². The summed E-state index contributed by atoms with van der Waals surface area (Å²) in [6.07, 6.45) is 11.6. The minimum Gasteiger partial charge on any atom is -0.507 e. The predicted molar refractivity (Wildman–Crippen MR) is 165 cm³/mol. The standard InChI is InChI=1S/C35H50N2O2/c1-9-26-13-24(18-33(3,4)5)15-28(31(26)38)21-36-30-17-23-11-12-35(30,20-23)37-22-29-16-25(19-34(6,7)8)14-27(10-2)32(29)39/h13-16,21-23,30,38-39H,9-12,17-20H2,1-8H3. The van der Waals surface area contributed by atoms with Crippen LogP contribution in [0.2, 0.25) is 0 Å². The number of fused-ring (bicyclic) bond motifs is 2. The topological polar surface area (TPSA) is 65.2 Å². The minimum absolute atomic E-state index is 0.0915. The molecule has 2 aromatic rings. The highest BCUT2D eigenvalue weighted by atomic mass is 16.3. The highest BCUT2D eigenvalue weighted by Gasteiger charge is 2.52. The number of rotatable bonds is 8. The van der Waals surface area contributed by atoms with Gasteiger partial charge in [-0.15, -0.1) is 0 Å². The molecule has 0 saturated heterocycles. The van der Waals surface area contributed by atoms with Gasteiger partial charge < -0.3 is 10.2 Å². The summed E-state index contributed by atoms with van der Waals surface area (Å²) in [4.78, 5) is 10.3. The fourth-order valence-electron chi connectivity index (χ4n) is 6.71. The number of aliphatic imine (C=N–C) groups is 2. The maximum absolute atomic E-state index is 11.0. The van der Waals surface area contributed by atoms with Gasteiger partial charge in [0.1, 0.15) is 11.5 Å². The van der Waals surface area contributed by atoms with Crippen molar-refractivity contribution in [2.45, 2.75) is 118 Å². The molecule has 2 N–H and O–H groups in total. The molecule has 0 heterocycles. The molecule has 2 aliphatic carbocycles. The van der Waals surface area contributed by atoms with Gasteiger partial charge in [-0.05, 0) is 103 Å². The molecule has 0 amide bonds. The summed E-state index contributed by atoms with van der Waals surface area (Å²) < 4.78 is 0. The Balaban J connectivity index is 1.64. The fourth-order valence-corrected chi connectivity index (χ4v) is 6.71. The van der Waals surface area contributed by atoms with Crippen molar-refractivity contribution in [3.8, 4) is 11.5 Å². The predicted octanol–water partition coefficient (Wildman–Crippen LogP) is 8.25. The Labute approximate surface area is 236 Å². The molecule has 2 saturated carbocycles. The molecule has 0 aromatic heterocycles. The lowest BCUT2D eigenvalue weighted by molar-refractivity contribution is 0.367. The Morgan fingerprint density at radius 2 is 1.33 bits per heavy atom. The first-order valence-electron chi connectivity index (χ1n) is 15.0. The highest BCUT2D eigenvalue weighted by Crippen LogP contribution is 2.51. The first-order valence-corrected chi connectivity index (χ1v) is 15.0. The quantitative estimate of drug-likeness (QED) is 0.337. The summed E-state index contributed by atoms with van der Waals surface area (Å²) in [7, 11) is 0. The number of hydrogen-bond acceptors (Lipinski definition) is 4. The molecule has 4 nitrogen and oxygen atoms in total. The average molecular weight is 531 g/mol. The van der Waals surface area contributed by atoms with Crippen LogP contribution in [0.1, 0.15) is 114 Å². The van der Waals surface area contributed by atoms with E-state index in [0.717, 1.165) is 67.2 Å². The van der Waals surface area contributed by atoms with Crippen molar-refractivity contribution in [3.05, 3.63) is 57.6 Å². The van der Waals surface area contributed by atoms with Crippen molar-refractivity contribution < 1.29 is 10.2 Å². The maximum atomic E-state index is 11.0. The van der Waals surface area contributed by atoms with Gasteiger partial charge >= 0.3 is 0 Å². The molecule has 2 aromatic carbocycles. The molecule has 0 aliphatic heterocycles. The molecule has 2 aliphatic rings. The zero-order valence-corrected chi connectivity index (χ0v) is 25.6. The van der Waals surface area contributed by atoms with Crippen molar-refractivity contribution >= 4 is 12.4 Å². The van der Waals surface area contributed by atoms with Gasteiger partial charge in [-0.25, -0.2) is 0 Å². The van der Waals surface area contributed by atoms with Gasteiger partial charge in [0.05, 0.1) is 11.6 Å². The molecular weight excluding hydrogens is 480 g/mol. The van der Waals surface area contributed by atoms with Crippen LogP contribution in [0, 0.1) is 16.7 Å². The molecule has 39 heavy (non-hydrogen) atoms. The number of phenols is 2. The summed E-state index contributed by atoms with van der Waals surface area (Å²) in [6, 6.07) is 8.61. The van der Waals surface area contributed by atoms with E-state index in [-0.39, 0.29) is 22.4 Å². The van der Waals surface area contributed by atoms with Gasteiger partial charge in [0.2, 0.25) is 0 Å². The molecule has 4 rings (SSSR count). The van der Waals surface area contributed by atoms with E-state index in [9.17, 15) is 10.2 Å². The zero-order chi connectivity index (χ0) is 28.6. The lowest BCUT2D eigenvalue weighted by atomic mass is 9.86. The van der Waals surface area contributed by atoms with Crippen LogP contribution in [0.15, 0.2) is 34.3 Å². The van der Waals surface area contributed by atoms with Gasteiger partial charge in [0.25, 0.3) is 0 Å². The Bertz CT molecular complexity index is 1240. The number of phenolic OH excluding ortho intramolecular Hbond substituents is 2. The number of benzene rings is 2. The average Bonchev–Trinajstić information content (AvgIpc) is 3.40. The van der Waals surface area contributed by atoms with Crippen LogP contribution in [0.3, 0.4) is 0 Å². The monoisotopic (exact) mass is 530 g/mol. The molecule has 3 unspecified atom stereocenters. The third kappa shape index (κ3) is 6.94. The van der Waals surface area contributed by atoms with Gasteiger partial charge in [0, 0.05) is 23.6 Å². The molecule has 3 atom stereocenters. The van der Waals surface area contributed by atoms with Crippen LogP contribution in [-0.4, -0.2) is 34.2 Å². The molecule has 2 fully saturated rings. The number of nitrogens with zero attached hydrogens (tertiary/aromatic N) is 2. The van der Waals surface area contributed by atoms with Gasteiger partial charge in [-0.2, -0.15) is 0 Å². The van der Waals surface area contributed by atoms with Crippen molar-refractivity contribution in [1.29, 1.82) is 0 Å². The SMILES string of the molecule is CCc1cc(CC(C)(C)C)cc(C=NC2CC3CCC2(N=Cc2cc(CC(C)(C)C)cc(CC)c2O)C3)c1O. The van der Waals surface area contributed by atoms with Crippen LogP contribution in [0.5, 0.6) is 11.5 Å². The first kappa shape index (κ1) is 29.4. The molecule has 0 radical (unpaired) electrons. The van der Waals surface area contributed by atoms with E-state index in [1.807, 2.05) is 12.4 Å². The van der Waals surface area contributed by atoms with E-state index in [0.29, 0.717) is 17.4 Å². The minimum atomic E-state index is -0.230. The van der Waals surface area contributed by atoms with Crippen LogP contribution in [-0.2, 0) is 25.7 Å². The van der Waals surface area contributed by atoms with Gasteiger partial charge in [-0.3, -0.25) is 9.98 Å². The number of aryl methyl sites for hydroxylation is 2. The van der Waals surface area contributed by atoms with Crippen molar-refractivity contribution in [2.24, 2.45) is 26.7 Å². The van der Waals surface area contributed by atoms with Gasteiger partial charge in [0.15, 0.2) is 0 Å². The number of hydrogen-bond donors (Lipinski definition) is 2. The summed E-state index contributed by atoms with van der Waals surface area (Å²) in [6.45, 7) is 17.7. The van der Waals surface area contributed by atoms with Crippen LogP contribution >= 0.6 is 0 Å². The highest BCUT2D eigenvalue weighted by molar-refractivity contribution is 5.86. The zero-order valence-electron chi connectivity index (χ0n) is 25.6. The summed E-state index contributed by atoms with van der Waals surface area (Å²) in [5.41, 5.74) is 6.22. The summed E-state index contributed by atoms with van der Waals surface area (Å²) >= 11 is 0. The first-order chi connectivity index (χ1) is 18.2. The van der Waals surface area contributed by atoms with Crippen molar-refractivity contribution in [3.63, 3.8) is 0 Å². The smallest absolute Gasteiger partial charge is 0.127 e. The van der Waals surface area contributed by atoms with Crippen LogP contribution in [0.25, 0.3) is 0 Å². The maximum Gasteiger partial charge on any atom is 0.127 e. The Hall–Kier alpha value is -2.62. The lowest BCUT2D eigenvalue weighted by Gasteiger charge is -2.29. The molecule has 0 spiro atoms. The fraction of sp³-hybridized carbons (Fsp3) is 0.600. The van der Waals surface area contributed by atoms with Gasteiger partial charge in [-0.1, -0.05) is 67.5 Å². The molecular formula is C35H50N2O2. The largest absolute Gasteiger partial charge is 0.507 e. The van der Waals surface area contributed by atoms with E-state index >= 15 is 0 Å². The van der Waals surface area contributed by atoms with E-state index in [1.54, 1.807) is 0 Å². The molecule has 212 valence electrons. The molecule has 2 bridgehead atoms. The Morgan fingerprint density at radius 1 is 0.821 bits per heavy atom. The number of aromatic hydroxyl groups is 2. The van der Waals surface area contributed by atoms with E-state index in [1.165, 1.54) is 17.5 Å². The van der Waals surface area contributed by atoms with Crippen LogP contribution in [0.4, 0.5) is 0 Å². The van der Waals surface area contributed by atoms with E-state index in [2.05, 4.69) is 79.7 Å². The van der Waals surface area contributed by atoms with E-state index < -0.39 is 0 Å². The van der Waals surface area contributed by atoms with Crippen molar-refractivity contribution in [2.75, 3.05) is 0 Å². The third-order valence-corrected chi connectivity index (χ3v) is 8.45. The summed E-state index contributed by atoms with van der Waals surface area (Å²) in [5, 5.41) is 22.0. The third-order valence-electron chi connectivity index (χ3n) is 8.45.